The monoisotopic (exact) mass is 244 g/mol. The summed E-state index contributed by atoms with van der Waals surface area (Å²) in [5.74, 6) is 0.565. The molecule has 0 spiro atoms. The van der Waals surface area contributed by atoms with E-state index in [1.54, 1.807) is 6.92 Å². The molecule has 14 heavy (non-hydrogen) atoms. The van der Waals surface area contributed by atoms with Crippen LogP contribution in [0.1, 0.15) is 27.2 Å². The van der Waals surface area contributed by atoms with Gasteiger partial charge >= 0.3 is 0 Å². The maximum Gasteiger partial charge on any atom is 0.211 e. The molecule has 4 nitrogen and oxygen atoms in total. The molecule has 0 aromatic carbocycles. The van der Waals surface area contributed by atoms with Crippen LogP contribution in [-0.4, -0.2) is 26.8 Å². The van der Waals surface area contributed by atoms with E-state index in [0.29, 0.717) is 12.5 Å². The summed E-state index contributed by atoms with van der Waals surface area (Å²) in [6, 6.07) is -0.120. The van der Waals surface area contributed by atoms with Crippen LogP contribution in [0.5, 0.6) is 0 Å². The first kappa shape index (κ1) is 16.6. The predicted molar refractivity (Wildman–Crippen MR) is 62.1 cm³/mol. The summed E-state index contributed by atoms with van der Waals surface area (Å²) >= 11 is 0. The van der Waals surface area contributed by atoms with Crippen molar-refractivity contribution in [1.29, 1.82) is 0 Å². The van der Waals surface area contributed by atoms with Crippen molar-refractivity contribution < 1.29 is 8.42 Å². The first-order valence-corrected chi connectivity index (χ1v) is 6.26. The van der Waals surface area contributed by atoms with Crippen molar-refractivity contribution in [2.45, 2.75) is 33.2 Å². The Labute approximate surface area is 93.1 Å². The molecule has 88 valence electrons. The van der Waals surface area contributed by atoms with Crippen LogP contribution in [-0.2, 0) is 10.0 Å². The van der Waals surface area contributed by atoms with Crippen LogP contribution in [0.4, 0.5) is 0 Å². The van der Waals surface area contributed by atoms with E-state index in [2.05, 4.69) is 4.72 Å². The molecule has 0 saturated carbocycles. The first-order chi connectivity index (χ1) is 5.91. The van der Waals surface area contributed by atoms with Crippen LogP contribution in [0.2, 0.25) is 0 Å². The maximum absolute atomic E-state index is 11.2. The van der Waals surface area contributed by atoms with Gasteiger partial charge in [-0.05, 0) is 19.3 Å². The summed E-state index contributed by atoms with van der Waals surface area (Å²) < 4.78 is 24.9. The summed E-state index contributed by atoms with van der Waals surface area (Å²) in [5.41, 5.74) is 5.46. The highest BCUT2D eigenvalue weighted by Gasteiger charge is 2.15. The molecule has 0 saturated heterocycles. The second-order valence-corrected chi connectivity index (χ2v) is 5.63. The van der Waals surface area contributed by atoms with Crippen LogP contribution >= 0.6 is 12.4 Å². The van der Waals surface area contributed by atoms with E-state index in [-0.39, 0.29) is 24.2 Å². The van der Waals surface area contributed by atoms with Gasteiger partial charge in [0, 0.05) is 12.6 Å². The van der Waals surface area contributed by atoms with Crippen molar-refractivity contribution in [1.82, 2.24) is 4.72 Å². The van der Waals surface area contributed by atoms with E-state index in [1.807, 2.05) is 13.8 Å². The Balaban J connectivity index is 0. The third-order valence-corrected chi connectivity index (χ3v) is 3.22. The van der Waals surface area contributed by atoms with E-state index in [1.165, 1.54) is 0 Å². The van der Waals surface area contributed by atoms with Crippen molar-refractivity contribution in [2.24, 2.45) is 11.7 Å². The summed E-state index contributed by atoms with van der Waals surface area (Å²) in [7, 11) is -3.11. The van der Waals surface area contributed by atoms with Gasteiger partial charge in [-0.25, -0.2) is 13.1 Å². The Morgan fingerprint density at radius 2 is 1.86 bits per heavy atom. The summed E-state index contributed by atoms with van der Waals surface area (Å²) in [6.45, 7) is 6.06. The van der Waals surface area contributed by atoms with Gasteiger partial charge in [-0.1, -0.05) is 13.8 Å². The van der Waals surface area contributed by atoms with Gasteiger partial charge in [0.05, 0.1) is 5.75 Å². The third kappa shape index (κ3) is 7.55. The highest BCUT2D eigenvalue weighted by atomic mass is 35.5. The minimum atomic E-state index is -3.11. The number of nitrogens with one attached hydrogen (secondary N) is 1. The summed E-state index contributed by atoms with van der Waals surface area (Å²) in [4.78, 5) is 0. The number of hydrogen-bond donors (Lipinski definition) is 2. The van der Waals surface area contributed by atoms with Gasteiger partial charge in [-0.2, -0.15) is 0 Å². The molecule has 0 fully saturated rings. The molecule has 1 atom stereocenters. The lowest BCUT2D eigenvalue weighted by atomic mass is 10.1. The van der Waals surface area contributed by atoms with E-state index in [4.69, 9.17) is 5.73 Å². The fourth-order valence-corrected chi connectivity index (χ4v) is 1.97. The second kappa shape index (κ2) is 7.45. The van der Waals surface area contributed by atoms with Gasteiger partial charge in [-0.3, -0.25) is 0 Å². The standard InChI is InChI=1S/C8H20N2O2S.ClH/c1-4-13(11,12)10-8(6-9)5-7(2)3;/h7-8,10H,4-6,9H2,1-3H3;1H. The molecular weight excluding hydrogens is 224 g/mol. The lowest BCUT2D eigenvalue weighted by molar-refractivity contribution is 0.465. The Morgan fingerprint density at radius 3 is 2.14 bits per heavy atom. The number of nitrogens with two attached hydrogens (primary N) is 1. The minimum Gasteiger partial charge on any atom is -0.329 e. The molecule has 0 amide bonds. The molecule has 0 radical (unpaired) electrons. The molecule has 0 aromatic rings. The number of sulfonamides is 1. The summed E-state index contributed by atoms with van der Waals surface area (Å²) in [6.07, 6.45) is 0.787. The Bertz CT molecular complexity index is 229. The topological polar surface area (TPSA) is 72.2 Å². The largest absolute Gasteiger partial charge is 0.329 e. The van der Waals surface area contributed by atoms with Gasteiger partial charge in [-0.15, -0.1) is 12.4 Å². The van der Waals surface area contributed by atoms with Crippen molar-refractivity contribution in [3.05, 3.63) is 0 Å². The average Bonchev–Trinajstić information content (AvgIpc) is 2.02. The van der Waals surface area contributed by atoms with Crippen LogP contribution in [0.3, 0.4) is 0 Å². The zero-order valence-corrected chi connectivity index (χ0v) is 10.6. The zero-order chi connectivity index (χ0) is 10.5. The molecule has 1 unspecified atom stereocenters. The minimum absolute atomic E-state index is 0. The summed E-state index contributed by atoms with van der Waals surface area (Å²) in [5, 5.41) is 0. The van der Waals surface area contributed by atoms with Gasteiger partial charge < -0.3 is 5.73 Å². The van der Waals surface area contributed by atoms with Crippen molar-refractivity contribution in [3.63, 3.8) is 0 Å². The highest BCUT2D eigenvalue weighted by Crippen LogP contribution is 2.04. The molecule has 0 aromatic heterocycles. The lowest BCUT2D eigenvalue weighted by Crippen LogP contribution is -2.41. The van der Waals surface area contributed by atoms with Crippen molar-refractivity contribution >= 4 is 22.4 Å². The quantitative estimate of drug-likeness (QED) is 0.723. The van der Waals surface area contributed by atoms with Gasteiger partial charge in [0.15, 0.2) is 0 Å². The van der Waals surface area contributed by atoms with E-state index in [9.17, 15) is 8.42 Å². The van der Waals surface area contributed by atoms with E-state index < -0.39 is 10.0 Å². The fraction of sp³-hybridized carbons (Fsp3) is 1.00. The van der Waals surface area contributed by atoms with E-state index in [0.717, 1.165) is 6.42 Å². The second-order valence-electron chi connectivity index (χ2n) is 3.58. The van der Waals surface area contributed by atoms with Gasteiger partial charge in [0.25, 0.3) is 0 Å². The van der Waals surface area contributed by atoms with Crippen LogP contribution in [0.25, 0.3) is 0 Å². The molecule has 0 rings (SSSR count). The highest BCUT2D eigenvalue weighted by molar-refractivity contribution is 7.89. The van der Waals surface area contributed by atoms with Gasteiger partial charge in [0.2, 0.25) is 10.0 Å². The van der Waals surface area contributed by atoms with Crippen molar-refractivity contribution in [2.75, 3.05) is 12.3 Å². The molecule has 6 heteroatoms. The maximum atomic E-state index is 11.2. The molecule has 0 aliphatic carbocycles. The lowest BCUT2D eigenvalue weighted by Gasteiger charge is -2.17. The zero-order valence-electron chi connectivity index (χ0n) is 8.99. The molecular formula is C8H21ClN2O2S. The number of rotatable bonds is 6. The molecule has 0 aliphatic heterocycles. The molecule has 0 aliphatic rings. The van der Waals surface area contributed by atoms with Crippen LogP contribution < -0.4 is 10.5 Å². The van der Waals surface area contributed by atoms with Gasteiger partial charge in [0.1, 0.15) is 0 Å². The Morgan fingerprint density at radius 1 is 1.36 bits per heavy atom. The molecule has 3 N–H and O–H groups in total. The van der Waals surface area contributed by atoms with E-state index >= 15 is 0 Å². The smallest absolute Gasteiger partial charge is 0.211 e. The van der Waals surface area contributed by atoms with Crippen LogP contribution in [0.15, 0.2) is 0 Å². The molecule has 0 bridgehead atoms. The molecule has 0 heterocycles. The number of hydrogen-bond acceptors (Lipinski definition) is 3. The SMILES string of the molecule is CCS(=O)(=O)NC(CN)CC(C)C.Cl. The Kier molecular flexibility index (Phi) is 8.83. The first-order valence-electron chi connectivity index (χ1n) is 4.61. The fourth-order valence-electron chi connectivity index (χ4n) is 1.10. The Hall–Kier alpha value is 0.160. The average molecular weight is 245 g/mol. The normalized spacial score (nSPS) is 13.8. The third-order valence-electron chi connectivity index (χ3n) is 1.77. The predicted octanol–water partition coefficient (Wildman–Crippen LogP) is 0.721. The van der Waals surface area contributed by atoms with Crippen molar-refractivity contribution in [3.8, 4) is 0 Å². The number of halogens is 1. The van der Waals surface area contributed by atoms with Crippen LogP contribution in [0, 0.1) is 5.92 Å².